The van der Waals surface area contributed by atoms with Crippen LogP contribution < -0.4 is 11.1 Å². The van der Waals surface area contributed by atoms with Gasteiger partial charge in [0.2, 0.25) is 11.8 Å². The van der Waals surface area contributed by atoms with E-state index in [0.717, 1.165) is 5.56 Å². The van der Waals surface area contributed by atoms with Crippen LogP contribution in [-0.2, 0) is 16.1 Å². The third kappa shape index (κ3) is 8.47. The topological polar surface area (TPSA) is 75.4 Å². The summed E-state index contributed by atoms with van der Waals surface area (Å²) in [5.74, 6) is -3.82. The lowest BCUT2D eigenvalue weighted by molar-refractivity contribution is -0.130. The summed E-state index contributed by atoms with van der Waals surface area (Å²) in [7, 11) is 0. The summed E-state index contributed by atoms with van der Waals surface area (Å²) in [6.45, 7) is 0.345. The third-order valence-electron chi connectivity index (χ3n) is 3.11. The average Bonchev–Trinajstić information content (AvgIpc) is 2.50. The molecule has 3 N–H and O–H groups in total. The Morgan fingerprint density at radius 3 is 2.39 bits per heavy atom. The van der Waals surface area contributed by atoms with Gasteiger partial charge in [0, 0.05) is 26.4 Å². The van der Waals surface area contributed by atoms with Crippen molar-refractivity contribution in [2.45, 2.75) is 25.8 Å². The number of rotatable bonds is 8. The van der Waals surface area contributed by atoms with E-state index in [4.69, 9.17) is 5.73 Å². The van der Waals surface area contributed by atoms with E-state index in [1.807, 2.05) is 30.3 Å². The molecule has 0 aromatic heterocycles. The summed E-state index contributed by atoms with van der Waals surface area (Å²) in [5, 5.41) is 2.13. The first kappa shape index (κ1) is 21.3. The molecule has 0 fully saturated rings. The fraction of sp³-hybridized carbons (Fsp3) is 0.467. The lowest BCUT2D eigenvalue weighted by Crippen LogP contribution is -2.42. The van der Waals surface area contributed by atoms with Crippen LogP contribution in [0.1, 0.15) is 18.9 Å². The summed E-state index contributed by atoms with van der Waals surface area (Å²) < 4.78 is 25.8. The van der Waals surface area contributed by atoms with Gasteiger partial charge in [-0.3, -0.25) is 9.59 Å². The zero-order chi connectivity index (χ0) is 16.6. The monoisotopic (exact) mass is 349 g/mol. The normalized spacial score (nSPS) is 10.6. The van der Waals surface area contributed by atoms with Gasteiger partial charge in [-0.2, -0.15) is 0 Å². The van der Waals surface area contributed by atoms with Crippen molar-refractivity contribution in [3.8, 4) is 0 Å². The van der Waals surface area contributed by atoms with Gasteiger partial charge in [0.25, 0.3) is 5.92 Å². The van der Waals surface area contributed by atoms with E-state index < -0.39 is 24.9 Å². The third-order valence-corrected chi connectivity index (χ3v) is 3.11. The molecule has 23 heavy (non-hydrogen) atoms. The molecule has 0 atom stereocenters. The van der Waals surface area contributed by atoms with Crippen LogP contribution >= 0.6 is 12.4 Å². The van der Waals surface area contributed by atoms with Gasteiger partial charge in [0.05, 0.1) is 13.1 Å². The van der Waals surface area contributed by atoms with E-state index in [1.165, 1.54) is 11.8 Å². The van der Waals surface area contributed by atoms with Crippen LogP contribution in [0, 0.1) is 0 Å². The molecule has 0 saturated carbocycles. The Morgan fingerprint density at radius 1 is 1.26 bits per heavy atom. The van der Waals surface area contributed by atoms with Crippen molar-refractivity contribution >= 4 is 24.2 Å². The highest BCUT2D eigenvalue weighted by Crippen LogP contribution is 2.09. The van der Waals surface area contributed by atoms with Crippen LogP contribution in [0.5, 0.6) is 0 Å². The number of benzene rings is 1. The minimum Gasteiger partial charge on any atom is -0.350 e. The van der Waals surface area contributed by atoms with E-state index in [1.54, 1.807) is 0 Å². The first-order valence-electron chi connectivity index (χ1n) is 6.98. The molecule has 5 nitrogen and oxygen atoms in total. The minimum absolute atomic E-state index is 0. The number of halogens is 3. The molecule has 0 bridgehead atoms. The molecule has 0 heterocycles. The van der Waals surface area contributed by atoms with Crippen LogP contribution in [0.4, 0.5) is 8.78 Å². The van der Waals surface area contributed by atoms with Gasteiger partial charge in [0.15, 0.2) is 0 Å². The van der Waals surface area contributed by atoms with Gasteiger partial charge in [-0.25, -0.2) is 8.78 Å². The van der Waals surface area contributed by atoms with Crippen LogP contribution in [0.15, 0.2) is 30.3 Å². The number of nitrogens with two attached hydrogens (primary N) is 1. The predicted molar refractivity (Wildman–Crippen MR) is 86.4 cm³/mol. The summed E-state index contributed by atoms with van der Waals surface area (Å²) >= 11 is 0. The Morgan fingerprint density at radius 2 is 1.87 bits per heavy atom. The molecule has 1 aromatic carbocycles. The first-order chi connectivity index (χ1) is 10.3. The highest BCUT2D eigenvalue weighted by atomic mass is 35.5. The quantitative estimate of drug-likeness (QED) is 0.747. The molecule has 1 rings (SSSR count). The molecule has 2 amide bonds. The number of nitrogens with zero attached hydrogens (tertiary/aromatic N) is 1. The van der Waals surface area contributed by atoms with E-state index >= 15 is 0 Å². The largest absolute Gasteiger partial charge is 0.350 e. The van der Waals surface area contributed by atoms with Crippen molar-refractivity contribution in [3.63, 3.8) is 0 Å². The molecule has 130 valence electrons. The first-order valence-corrected chi connectivity index (χ1v) is 6.98. The molecule has 0 radical (unpaired) electrons. The molecule has 0 saturated heterocycles. The van der Waals surface area contributed by atoms with Crippen LogP contribution in [0.3, 0.4) is 0 Å². The second-order valence-electron chi connectivity index (χ2n) is 5.01. The fourth-order valence-corrected chi connectivity index (χ4v) is 1.78. The van der Waals surface area contributed by atoms with Crippen molar-refractivity contribution in [2.24, 2.45) is 5.73 Å². The van der Waals surface area contributed by atoms with Crippen molar-refractivity contribution in [2.75, 3.05) is 19.6 Å². The van der Waals surface area contributed by atoms with Crippen molar-refractivity contribution in [3.05, 3.63) is 35.9 Å². The van der Waals surface area contributed by atoms with E-state index in [-0.39, 0.29) is 31.3 Å². The van der Waals surface area contributed by atoms with Crippen LogP contribution in [0.25, 0.3) is 0 Å². The summed E-state index contributed by atoms with van der Waals surface area (Å²) in [6, 6.07) is 9.33. The number of amides is 2. The van der Waals surface area contributed by atoms with E-state index in [0.29, 0.717) is 6.54 Å². The number of hydrogen-bond donors (Lipinski definition) is 2. The Labute approximate surface area is 140 Å². The number of alkyl halides is 2. The van der Waals surface area contributed by atoms with Crippen molar-refractivity contribution in [1.29, 1.82) is 0 Å². The Bertz CT molecular complexity index is 501. The lowest BCUT2D eigenvalue weighted by atomic mass is 10.2. The molecule has 0 unspecified atom stereocenters. The molecular formula is C15H22ClF2N3O2. The van der Waals surface area contributed by atoms with Gasteiger partial charge >= 0.3 is 0 Å². The SMILES string of the molecule is CC(=O)N(CCC(=O)NCC(F)(F)CN)Cc1ccccc1.Cl. The zero-order valence-electron chi connectivity index (χ0n) is 12.9. The van der Waals surface area contributed by atoms with Gasteiger partial charge in [-0.05, 0) is 5.56 Å². The zero-order valence-corrected chi connectivity index (χ0v) is 13.7. The highest BCUT2D eigenvalue weighted by Gasteiger charge is 2.27. The van der Waals surface area contributed by atoms with Crippen LogP contribution in [0.2, 0.25) is 0 Å². The standard InChI is InChI=1S/C15H21F2N3O2.ClH/c1-12(21)20(9-13-5-3-2-4-6-13)8-7-14(22)19-11-15(16,17)10-18;/h2-6H,7-11,18H2,1H3,(H,19,22);1H. The van der Waals surface area contributed by atoms with Gasteiger partial charge in [-0.1, -0.05) is 30.3 Å². The summed E-state index contributed by atoms with van der Waals surface area (Å²) in [6.07, 6.45) is -0.0347. The maximum Gasteiger partial charge on any atom is 0.277 e. The highest BCUT2D eigenvalue weighted by molar-refractivity contribution is 5.85. The summed E-state index contributed by atoms with van der Waals surface area (Å²) in [5.41, 5.74) is 5.82. The molecule has 1 aromatic rings. The molecule has 8 heteroatoms. The van der Waals surface area contributed by atoms with E-state index in [9.17, 15) is 18.4 Å². The Kier molecular flexibility index (Phi) is 9.36. The maximum atomic E-state index is 12.9. The second kappa shape index (κ2) is 10.1. The average molecular weight is 350 g/mol. The fourth-order valence-electron chi connectivity index (χ4n) is 1.78. The maximum absolute atomic E-state index is 12.9. The van der Waals surface area contributed by atoms with E-state index in [2.05, 4.69) is 5.32 Å². The second-order valence-corrected chi connectivity index (χ2v) is 5.01. The lowest BCUT2D eigenvalue weighted by Gasteiger charge is -2.21. The Hall–Kier alpha value is -1.73. The van der Waals surface area contributed by atoms with Crippen molar-refractivity contribution in [1.82, 2.24) is 10.2 Å². The molecule has 0 spiro atoms. The molecular weight excluding hydrogens is 328 g/mol. The molecule has 0 aliphatic heterocycles. The van der Waals surface area contributed by atoms with Gasteiger partial charge < -0.3 is 16.0 Å². The van der Waals surface area contributed by atoms with Crippen molar-refractivity contribution < 1.29 is 18.4 Å². The number of carbonyl (C=O) groups is 2. The number of carbonyl (C=O) groups excluding carboxylic acids is 2. The minimum atomic E-state index is -3.11. The molecule has 0 aliphatic rings. The summed E-state index contributed by atoms with van der Waals surface area (Å²) in [4.78, 5) is 24.6. The Balaban J connectivity index is 0.00000484. The van der Waals surface area contributed by atoms with Gasteiger partial charge in [0.1, 0.15) is 0 Å². The molecule has 0 aliphatic carbocycles. The van der Waals surface area contributed by atoms with Crippen LogP contribution in [-0.4, -0.2) is 42.3 Å². The predicted octanol–water partition coefficient (Wildman–Crippen LogP) is 1.56. The number of hydrogen-bond acceptors (Lipinski definition) is 3. The number of nitrogens with one attached hydrogen (secondary N) is 1. The smallest absolute Gasteiger partial charge is 0.277 e. The van der Waals surface area contributed by atoms with Gasteiger partial charge in [-0.15, -0.1) is 12.4 Å².